The van der Waals surface area contributed by atoms with Crippen LogP contribution in [0.2, 0.25) is 0 Å². The second kappa shape index (κ2) is 6.36. The van der Waals surface area contributed by atoms with Crippen molar-refractivity contribution in [3.63, 3.8) is 0 Å². The first-order valence-corrected chi connectivity index (χ1v) is 7.76. The molecule has 1 amide bonds. The number of nitrogens with one attached hydrogen (secondary N) is 1. The number of hydrogen-bond acceptors (Lipinski definition) is 6. The van der Waals surface area contributed by atoms with Crippen LogP contribution in [0.1, 0.15) is 27.6 Å². The summed E-state index contributed by atoms with van der Waals surface area (Å²) in [4.78, 5) is 20.4. The van der Waals surface area contributed by atoms with Crippen LogP contribution in [-0.4, -0.2) is 36.8 Å². The molecule has 0 aliphatic carbocycles. The fraction of sp³-hybridized carbons (Fsp3) is 0.133. The third-order valence-electron chi connectivity index (χ3n) is 3.18. The molecule has 0 saturated heterocycles. The summed E-state index contributed by atoms with van der Waals surface area (Å²) < 4.78 is 2.28. The SMILES string of the molecule is Cc1cc(C)n2nc(C(=O)NN=Cc3cc(Br)ccc3O)nc2n1. The van der Waals surface area contributed by atoms with Crippen molar-refractivity contribution in [1.29, 1.82) is 0 Å². The monoisotopic (exact) mass is 388 g/mol. The quantitative estimate of drug-likeness (QED) is 0.527. The van der Waals surface area contributed by atoms with E-state index in [1.54, 1.807) is 12.1 Å². The van der Waals surface area contributed by atoms with Gasteiger partial charge in [-0.3, -0.25) is 4.79 Å². The minimum absolute atomic E-state index is 0.0354. The molecule has 0 spiro atoms. The number of aromatic hydroxyl groups is 1. The van der Waals surface area contributed by atoms with Crippen molar-refractivity contribution in [2.24, 2.45) is 5.10 Å². The maximum Gasteiger partial charge on any atom is 0.311 e. The maximum atomic E-state index is 12.1. The van der Waals surface area contributed by atoms with Gasteiger partial charge in [0.05, 0.1) is 6.21 Å². The van der Waals surface area contributed by atoms with Gasteiger partial charge >= 0.3 is 5.91 Å². The summed E-state index contributed by atoms with van der Waals surface area (Å²) in [5.41, 5.74) is 4.41. The van der Waals surface area contributed by atoms with E-state index in [1.165, 1.54) is 16.8 Å². The van der Waals surface area contributed by atoms with E-state index in [1.807, 2.05) is 19.9 Å². The maximum absolute atomic E-state index is 12.1. The number of rotatable bonds is 3. The lowest BCUT2D eigenvalue weighted by Crippen LogP contribution is -2.19. The highest BCUT2D eigenvalue weighted by atomic mass is 79.9. The van der Waals surface area contributed by atoms with Gasteiger partial charge in [0.25, 0.3) is 5.78 Å². The van der Waals surface area contributed by atoms with Crippen molar-refractivity contribution in [1.82, 2.24) is 25.0 Å². The summed E-state index contributed by atoms with van der Waals surface area (Å²) in [6.45, 7) is 3.70. The van der Waals surface area contributed by atoms with Gasteiger partial charge in [-0.05, 0) is 38.1 Å². The molecular weight excluding hydrogens is 376 g/mol. The van der Waals surface area contributed by atoms with Gasteiger partial charge in [0.15, 0.2) is 0 Å². The van der Waals surface area contributed by atoms with Crippen LogP contribution in [0.15, 0.2) is 33.8 Å². The lowest BCUT2D eigenvalue weighted by Gasteiger charge is -1.99. The summed E-state index contributed by atoms with van der Waals surface area (Å²) >= 11 is 3.30. The van der Waals surface area contributed by atoms with Crippen molar-refractivity contribution in [2.75, 3.05) is 0 Å². The Morgan fingerprint density at radius 3 is 2.92 bits per heavy atom. The number of phenols is 1. The van der Waals surface area contributed by atoms with Crippen molar-refractivity contribution in [3.8, 4) is 5.75 Å². The molecule has 0 unspecified atom stereocenters. The second-order valence-electron chi connectivity index (χ2n) is 5.09. The first kappa shape index (κ1) is 16.1. The van der Waals surface area contributed by atoms with Crippen LogP contribution >= 0.6 is 15.9 Å². The average Bonchev–Trinajstić information content (AvgIpc) is 2.95. The number of aryl methyl sites for hydroxylation is 2. The fourth-order valence-electron chi connectivity index (χ4n) is 2.10. The number of fused-ring (bicyclic) bond motifs is 1. The Morgan fingerprint density at radius 1 is 1.33 bits per heavy atom. The lowest BCUT2D eigenvalue weighted by atomic mass is 10.2. The van der Waals surface area contributed by atoms with Crippen LogP contribution in [0.5, 0.6) is 5.75 Å². The zero-order valence-electron chi connectivity index (χ0n) is 12.9. The molecule has 2 heterocycles. The summed E-state index contributed by atoms with van der Waals surface area (Å²) in [5, 5.41) is 17.6. The Kier molecular flexibility index (Phi) is 4.26. The normalized spacial score (nSPS) is 11.3. The van der Waals surface area contributed by atoms with E-state index in [9.17, 15) is 9.90 Å². The van der Waals surface area contributed by atoms with Crippen LogP contribution in [0.25, 0.3) is 5.78 Å². The van der Waals surface area contributed by atoms with Gasteiger partial charge in [-0.25, -0.2) is 14.9 Å². The van der Waals surface area contributed by atoms with E-state index < -0.39 is 5.91 Å². The second-order valence-corrected chi connectivity index (χ2v) is 6.00. The summed E-state index contributed by atoms with van der Waals surface area (Å²) in [6, 6.07) is 6.73. The molecule has 2 N–H and O–H groups in total. The van der Waals surface area contributed by atoms with Crippen LogP contribution in [0.4, 0.5) is 0 Å². The smallest absolute Gasteiger partial charge is 0.311 e. The number of hydrogen-bond donors (Lipinski definition) is 2. The standard InChI is InChI=1S/C15H13BrN6O2/c1-8-5-9(2)22-15(18-8)19-13(21-22)14(24)20-17-7-10-6-11(16)3-4-12(10)23/h3-7,23H,1-2H3,(H,20,24). The fourth-order valence-corrected chi connectivity index (χ4v) is 2.48. The molecule has 0 bridgehead atoms. The van der Waals surface area contributed by atoms with Crippen molar-refractivity contribution < 1.29 is 9.90 Å². The molecule has 0 radical (unpaired) electrons. The molecule has 2 aromatic heterocycles. The predicted octanol–water partition coefficient (Wildman–Crippen LogP) is 1.97. The summed E-state index contributed by atoms with van der Waals surface area (Å²) in [5.74, 6) is -0.196. The number of carbonyl (C=O) groups excluding carboxylic acids is 1. The Bertz CT molecular complexity index is 966. The number of halogens is 1. The molecule has 0 aliphatic rings. The largest absolute Gasteiger partial charge is 0.507 e. The Balaban J connectivity index is 1.79. The van der Waals surface area contributed by atoms with Crippen molar-refractivity contribution >= 4 is 33.8 Å². The molecule has 0 saturated carbocycles. The Morgan fingerprint density at radius 2 is 2.12 bits per heavy atom. The molecule has 0 atom stereocenters. The summed E-state index contributed by atoms with van der Waals surface area (Å²) in [6.07, 6.45) is 1.33. The third-order valence-corrected chi connectivity index (χ3v) is 3.67. The molecule has 8 nitrogen and oxygen atoms in total. The minimum Gasteiger partial charge on any atom is -0.507 e. The van der Waals surface area contributed by atoms with E-state index in [-0.39, 0.29) is 11.6 Å². The molecular formula is C15H13BrN6O2. The van der Waals surface area contributed by atoms with Crippen LogP contribution in [0, 0.1) is 13.8 Å². The molecule has 24 heavy (non-hydrogen) atoms. The minimum atomic E-state index is -0.566. The molecule has 9 heteroatoms. The molecule has 1 aromatic carbocycles. The molecule has 0 fully saturated rings. The topological polar surface area (TPSA) is 105 Å². The third kappa shape index (κ3) is 3.25. The number of benzene rings is 1. The number of aromatic nitrogens is 4. The van der Waals surface area contributed by atoms with Gasteiger partial charge in [0.1, 0.15) is 5.75 Å². The highest BCUT2D eigenvalue weighted by molar-refractivity contribution is 9.10. The Hall–Kier alpha value is -2.81. The van der Waals surface area contributed by atoms with Gasteiger partial charge in [0, 0.05) is 21.4 Å². The first-order chi connectivity index (χ1) is 11.4. The molecule has 3 aromatic rings. The number of nitrogens with zero attached hydrogens (tertiary/aromatic N) is 5. The van der Waals surface area contributed by atoms with Gasteiger partial charge in [0.2, 0.25) is 5.82 Å². The van der Waals surface area contributed by atoms with E-state index in [0.717, 1.165) is 15.9 Å². The molecule has 3 rings (SSSR count). The van der Waals surface area contributed by atoms with Gasteiger partial charge in [-0.15, -0.1) is 5.10 Å². The molecule has 122 valence electrons. The highest BCUT2D eigenvalue weighted by Crippen LogP contribution is 2.19. The van der Waals surface area contributed by atoms with Crippen molar-refractivity contribution in [3.05, 3.63) is 51.5 Å². The number of amides is 1. The van der Waals surface area contributed by atoms with Crippen LogP contribution < -0.4 is 5.43 Å². The summed E-state index contributed by atoms with van der Waals surface area (Å²) in [7, 11) is 0. The van der Waals surface area contributed by atoms with Crippen LogP contribution in [0.3, 0.4) is 0 Å². The van der Waals surface area contributed by atoms with Gasteiger partial charge in [-0.1, -0.05) is 15.9 Å². The highest BCUT2D eigenvalue weighted by Gasteiger charge is 2.14. The number of phenolic OH excluding ortho intramolecular Hbond substituents is 1. The number of hydrazone groups is 1. The Labute approximate surface area is 145 Å². The first-order valence-electron chi connectivity index (χ1n) is 6.97. The zero-order chi connectivity index (χ0) is 17.3. The lowest BCUT2D eigenvalue weighted by molar-refractivity contribution is 0.0945. The van der Waals surface area contributed by atoms with E-state index in [2.05, 4.69) is 41.5 Å². The van der Waals surface area contributed by atoms with E-state index >= 15 is 0 Å². The zero-order valence-corrected chi connectivity index (χ0v) is 14.4. The van der Waals surface area contributed by atoms with E-state index in [0.29, 0.717) is 11.3 Å². The van der Waals surface area contributed by atoms with E-state index in [4.69, 9.17) is 0 Å². The van der Waals surface area contributed by atoms with Crippen LogP contribution in [-0.2, 0) is 0 Å². The van der Waals surface area contributed by atoms with Gasteiger partial charge < -0.3 is 5.11 Å². The van der Waals surface area contributed by atoms with Crippen molar-refractivity contribution in [2.45, 2.75) is 13.8 Å². The predicted molar refractivity (Wildman–Crippen MR) is 91.1 cm³/mol. The average molecular weight is 389 g/mol. The number of carbonyl (C=O) groups is 1. The van der Waals surface area contributed by atoms with Gasteiger partial charge in [-0.2, -0.15) is 10.1 Å². The molecule has 0 aliphatic heterocycles.